The fourth-order valence-corrected chi connectivity index (χ4v) is 4.54. The van der Waals surface area contributed by atoms with Crippen LogP contribution in [-0.2, 0) is 25.6 Å². The van der Waals surface area contributed by atoms with Gasteiger partial charge in [-0.05, 0) is 43.7 Å². The summed E-state index contributed by atoms with van der Waals surface area (Å²) in [5.41, 5.74) is 0.699. The average molecular weight is 402 g/mol. The van der Waals surface area contributed by atoms with E-state index in [2.05, 4.69) is 5.32 Å². The van der Waals surface area contributed by atoms with Gasteiger partial charge < -0.3 is 20.4 Å². The van der Waals surface area contributed by atoms with Crippen molar-refractivity contribution in [2.24, 2.45) is 5.41 Å². The number of benzene rings is 1. The largest absolute Gasteiger partial charge is 0.481 e. The molecule has 0 bridgehead atoms. The Kier molecular flexibility index (Phi) is 6.20. The lowest BCUT2D eigenvalue weighted by Crippen LogP contribution is -2.54. The molecule has 0 aromatic heterocycles. The first kappa shape index (κ1) is 20.8. The van der Waals surface area contributed by atoms with Crippen molar-refractivity contribution in [1.82, 2.24) is 4.90 Å². The third kappa shape index (κ3) is 4.58. The molecule has 29 heavy (non-hydrogen) atoms. The van der Waals surface area contributed by atoms with Crippen LogP contribution in [0.15, 0.2) is 24.3 Å². The molecule has 2 amide bonds. The number of carboxylic acid groups (broad SMARTS) is 2. The van der Waals surface area contributed by atoms with Crippen LogP contribution in [0.4, 0.5) is 5.69 Å². The van der Waals surface area contributed by atoms with Crippen LogP contribution in [0.2, 0.25) is 0 Å². The zero-order valence-electron chi connectivity index (χ0n) is 16.2. The lowest BCUT2D eigenvalue weighted by Gasteiger charge is -2.37. The second kappa shape index (κ2) is 8.63. The predicted molar refractivity (Wildman–Crippen MR) is 104 cm³/mol. The van der Waals surface area contributed by atoms with Crippen LogP contribution in [0.25, 0.3) is 0 Å². The van der Waals surface area contributed by atoms with Gasteiger partial charge in [0.2, 0.25) is 11.8 Å². The molecule has 1 atom stereocenters. The SMILES string of the molecule is O=C(O)CCC1(C(=O)N(CC(=O)O)C2CCc3ccccc3NC2=O)CCCC1. The van der Waals surface area contributed by atoms with Gasteiger partial charge in [0, 0.05) is 17.5 Å². The fraction of sp³-hybridized carbons (Fsp3) is 0.524. The normalized spacial score (nSPS) is 20.3. The molecule has 1 aromatic rings. The summed E-state index contributed by atoms with van der Waals surface area (Å²) in [5.74, 6) is -3.00. The van der Waals surface area contributed by atoms with E-state index in [0.29, 0.717) is 31.4 Å². The summed E-state index contributed by atoms with van der Waals surface area (Å²) < 4.78 is 0. The van der Waals surface area contributed by atoms with Crippen molar-refractivity contribution in [1.29, 1.82) is 0 Å². The third-order valence-corrected chi connectivity index (χ3v) is 6.04. The van der Waals surface area contributed by atoms with Gasteiger partial charge in [-0.3, -0.25) is 19.2 Å². The highest BCUT2D eigenvalue weighted by Gasteiger charge is 2.46. The van der Waals surface area contributed by atoms with Gasteiger partial charge in [0.05, 0.1) is 0 Å². The number of aryl methyl sites for hydroxylation is 1. The number of carbonyl (C=O) groups is 4. The maximum atomic E-state index is 13.5. The summed E-state index contributed by atoms with van der Waals surface area (Å²) in [5, 5.41) is 21.3. The maximum Gasteiger partial charge on any atom is 0.323 e. The number of fused-ring (bicyclic) bond motifs is 1. The molecule has 1 aliphatic heterocycles. The standard InChI is InChI=1S/C21H26N2O6/c24-17(25)9-12-21(10-3-4-11-21)20(29)23(13-18(26)27)16-8-7-14-5-1-2-6-15(14)22-19(16)28/h1-2,5-6,16H,3-4,7-13H2,(H,22,28)(H,24,25)(H,26,27). The second-order valence-corrected chi connectivity index (χ2v) is 7.91. The Labute approximate surface area is 168 Å². The van der Waals surface area contributed by atoms with Gasteiger partial charge >= 0.3 is 11.9 Å². The number of nitrogens with zero attached hydrogens (tertiary/aromatic N) is 1. The first-order chi connectivity index (χ1) is 13.8. The average Bonchev–Trinajstić information content (AvgIpc) is 3.09. The molecule has 0 saturated heterocycles. The monoisotopic (exact) mass is 402 g/mol. The first-order valence-corrected chi connectivity index (χ1v) is 9.96. The van der Waals surface area contributed by atoms with Crippen LogP contribution in [0.1, 0.15) is 50.5 Å². The number of para-hydroxylation sites is 1. The van der Waals surface area contributed by atoms with E-state index in [1.807, 2.05) is 12.1 Å². The molecule has 3 rings (SSSR count). The molecule has 8 nitrogen and oxygen atoms in total. The van der Waals surface area contributed by atoms with Crippen LogP contribution in [0.3, 0.4) is 0 Å². The number of hydrogen-bond donors (Lipinski definition) is 3. The van der Waals surface area contributed by atoms with Gasteiger partial charge in [0.15, 0.2) is 0 Å². The lowest BCUT2D eigenvalue weighted by atomic mass is 9.79. The van der Waals surface area contributed by atoms with Gasteiger partial charge in [-0.1, -0.05) is 31.0 Å². The highest BCUT2D eigenvalue weighted by molar-refractivity contribution is 6.00. The summed E-state index contributed by atoms with van der Waals surface area (Å²) in [7, 11) is 0. The van der Waals surface area contributed by atoms with Crippen LogP contribution in [0, 0.1) is 5.41 Å². The smallest absolute Gasteiger partial charge is 0.323 e. The minimum absolute atomic E-state index is 0.158. The quantitative estimate of drug-likeness (QED) is 0.643. The van der Waals surface area contributed by atoms with E-state index in [0.717, 1.165) is 23.3 Å². The molecule has 0 radical (unpaired) electrons. The molecule has 0 spiro atoms. The molecule has 1 unspecified atom stereocenters. The molecule has 1 saturated carbocycles. The van der Waals surface area contributed by atoms with E-state index >= 15 is 0 Å². The molecule has 1 aliphatic carbocycles. The molecule has 8 heteroatoms. The van der Waals surface area contributed by atoms with E-state index < -0.39 is 41.8 Å². The lowest BCUT2D eigenvalue weighted by molar-refractivity contribution is -0.155. The Bertz CT molecular complexity index is 815. The third-order valence-electron chi connectivity index (χ3n) is 6.04. The van der Waals surface area contributed by atoms with Gasteiger partial charge in [-0.25, -0.2) is 0 Å². The van der Waals surface area contributed by atoms with E-state index in [9.17, 15) is 24.3 Å². The highest BCUT2D eigenvalue weighted by atomic mass is 16.4. The summed E-state index contributed by atoms with van der Waals surface area (Å²) in [6.07, 6.45) is 3.46. The fourth-order valence-electron chi connectivity index (χ4n) is 4.54. The van der Waals surface area contributed by atoms with Crippen molar-refractivity contribution in [3.8, 4) is 0 Å². The van der Waals surface area contributed by atoms with Gasteiger partial charge in [0.25, 0.3) is 0 Å². The molecule has 3 N–H and O–H groups in total. The highest BCUT2D eigenvalue weighted by Crippen LogP contribution is 2.44. The van der Waals surface area contributed by atoms with Crippen LogP contribution < -0.4 is 5.32 Å². The predicted octanol–water partition coefficient (Wildman–Crippen LogP) is 2.28. The molecule has 1 heterocycles. The van der Waals surface area contributed by atoms with Crippen LogP contribution >= 0.6 is 0 Å². The van der Waals surface area contributed by atoms with Crippen LogP contribution in [-0.4, -0.2) is 51.5 Å². The number of carbonyl (C=O) groups excluding carboxylic acids is 2. The Morgan fingerprint density at radius 2 is 1.79 bits per heavy atom. The Morgan fingerprint density at radius 3 is 2.45 bits per heavy atom. The number of amides is 2. The van der Waals surface area contributed by atoms with Crippen molar-refractivity contribution in [2.75, 3.05) is 11.9 Å². The molecular formula is C21H26N2O6. The number of nitrogens with one attached hydrogen (secondary N) is 1. The molecule has 1 aromatic carbocycles. The van der Waals surface area contributed by atoms with E-state index in [-0.39, 0.29) is 12.8 Å². The molecular weight excluding hydrogens is 376 g/mol. The topological polar surface area (TPSA) is 124 Å². The van der Waals surface area contributed by atoms with Gasteiger partial charge in [0.1, 0.15) is 12.6 Å². The minimum Gasteiger partial charge on any atom is -0.481 e. The van der Waals surface area contributed by atoms with Crippen molar-refractivity contribution >= 4 is 29.4 Å². The number of carboxylic acids is 2. The summed E-state index contributed by atoms with van der Waals surface area (Å²) in [6.45, 7) is -0.581. The second-order valence-electron chi connectivity index (χ2n) is 7.91. The van der Waals surface area contributed by atoms with E-state index in [1.165, 1.54) is 0 Å². The van der Waals surface area contributed by atoms with E-state index in [1.54, 1.807) is 12.1 Å². The van der Waals surface area contributed by atoms with Crippen molar-refractivity contribution in [2.45, 2.75) is 57.4 Å². The maximum absolute atomic E-state index is 13.5. The number of hydrogen-bond acceptors (Lipinski definition) is 4. The zero-order valence-corrected chi connectivity index (χ0v) is 16.2. The number of anilines is 1. The minimum atomic E-state index is -1.20. The number of aliphatic carboxylic acids is 2. The van der Waals surface area contributed by atoms with Crippen molar-refractivity contribution in [3.05, 3.63) is 29.8 Å². The van der Waals surface area contributed by atoms with Crippen molar-refractivity contribution in [3.63, 3.8) is 0 Å². The van der Waals surface area contributed by atoms with Gasteiger partial charge in [-0.15, -0.1) is 0 Å². The van der Waals surface area contributed by atoms with Gasteiger partial charge in [-0.2, -0.15) is 0 Å². The first-order valence-electron chi connectivity index (χ1n) is 9.96. The summed E-state index contributed by atoms with van der Waals surface area (Å²) >= 11 is 0. The zero-order chi connectivity index (χ0) is 21.0. The molecule has 2 aliphatic rings. The van der Waals surface area contributed by atoms with Crippen molar-refractivity contribution < 1.29 is 29.4 Å². The molecule has 1 fully saturated rings. The van der Waals surface area contributed by atoms with E-state index in [4.69, 9.17) is 5.11 Å². The molecule has 156 valence electrons. The Morgan fingerprint density at radius 1 is 1.10 bits per heavy atom. The summed E-state index contributed by atoms with van der Waals surface area (Å²) in [6, 6.07) is 6.44. The Hall–Kier alpha value is -2.90. The Balaban J connectivity index is 1.88. The number of rotatable bonds is 7. The van der Waals surface area contributed by atoms with Crippen LogP contribution in [0.5, 0.6) is 0 Å². The summed E-state index contributed by atoms with van der Waals surface area (Å²) in [4.78, 5) is 50.2.